The lowest BCUT2D eigenvalue weighted by Gasteiger charge is -2.38. The van der Waals surface area contributed by atoms with Crippen LogP contribution in [0.3, 0.4) is 0 Å². The number of thiazole rings is 1. The highest BCUT2D eigenvalue weighted by atomic mass is 35.5. The van der Waals surface area contributed by atoms with Crippen LogP contribution in [0.4, 0.5) is 0 Å². The van der Waals surface area contributed by atoms with Crippen molar-refractivity contribution in [2.75, 3.05) is 13.1 Å². The van der Waals surface area contributed by atoms with E-state index < -0.39 is 0 Å². The van der Waals surface area contributed by atoms with Crippen LogP contribution >= 0.6 is 23.7 Å². The molecule has 2 fully saturated rings. The zero-order chi connectivity index (χ0) is 11.8. The SMILES string of the molecule is CC1CNCC(C)N1Cc1csc(C2CC2)n1.Cl. The van der Waals surface area contributed by atoms with Gasteiger partial charge in [0.2, 0.25) is 0 Å². The van der Waals surface area contributed by atoms with E-state index in [9.17, 15) is 0 Å². The molecule has 1 saturated carbocycles. The Balaban J connectivity index is 0.00000120. The van der Waals surface area contributed by atoms with Gasteiger partial charge in [0.05, 0.1) is 10.7 Å². The van der Waals surface area contributed by atoms with E-state index in [4.69, 9.17) is 4.98 Å². The fourth-order valence-electron chi connectivity index (χ4n) is 2.58. The molecule has 1 saturated heterocycles. The van der Waals surface area contributed by atoms with Gasteiger partial charge in [-0.1, -0.05) is 0 Å². The predicted octanol–water partition coefficient (Wildman–Crippen LogP) is 2.62. The van der Waals surface area contributed by atoms with E-state index in [0.717, 1.165) is 25.6 Å². The van der Waals surface area contributed by atoms with Gasteiger partial charge >= 0.3 is 0 Å². The van der Waals surface area contributed by atoms with E-state index in [2.05, 4.69) is 29.4 Å². The molecular formula is C13H22ClN3S. The summed E-state index contributed by atoms with van der Waals surface area (Å²) in [5.41, 5.74) is 1.28. The first-order valence-electron chi connectivity index (χ1n) is 6.65. The lowest BCUT2D eigenvalue weighted by molar-refractivity contribution is 0.107. The van der Waals surface area contributed by atoms with Crippen LogP contribution in [0.1, 0.15) is 43.3 Å². The van der Waals surface area contributed by atoms with Crippen LogP contribution in [-0.4, -0.2) is 35.1 Å². The highest BCUT2D eigenvalue weighted by Gasteiger charge is 2.28. The molecule has 2 aliphatic rings. The summed E-state index contributed by atoms with van der Waals surface area (Å²) in [6, 6.07) is 1.23. The second kappa shape index (κ2) is 5.87. The van der Waals surface area contributed by atoms with Gasteiger partial charge in [-0.3, -0.25) is 4.90 Å². The number of hydrogen-bond acceptors (Lipinski definition) is 4. The number of hydrogen-bond donors (Lipinski definition) is 1. The molecule has 1 aromatic heterocycles. The molecule has 1 aliphatic heterocycles. The Bertz CT molecular complexity index is 381. The third-order valence-corrected chi connectivity index (χ3v) is 4.91. The summed E-state index contributed by atoms with van der Waals surface area (Å²) in [5, 5.41) is 7.10. The molecule has 102 valence electrons. The van der Waals surface area contributed by atoms with E-state index in [0.29, 0.717) is 12.1 Å². The molecule has 0 aromatic carbocycles. The van der Waals surface area contributed by atoms with Crippen LogP contribution in [0.5, 0.6) is 0 Å². The molecule has 0 bridgehead atoms. The Kier molecular flexibility index (Phi) is 4.64. The molecule has 0 spiro atoms. The van der Waals surface area contributed by atoms with Gasteiger partial charge in [0.25, 0.3) is 0 Å². The van der Waals surface area contributed by atoms with Gasteiger partial charge in [-0.25, -0.2) is 4.98 Å². The van der Waals surface area contributed by atoms with Gasteiger partial charge in [-0.2, -0.15) is 0 Å². The Morgan fingerprint density at radius 1 is 1.33 bits per heavy atom. The van der Waals surface area contributed by atoms with Crippen molar-refractivity contribution >= 4 is 23.7 Å². The van der Waals surface area contributed by atoms with Gasteiger partial charge in [-0.15, -0.1) is 23.7 Å². The number of nitrogens with one attached hydrogen (secondary N) is 1. The number of piperazine rings is 1. The first kappa shape index (κ1) is 14.3. The second-order valence-electron chi connectivity index (χ2n) is 5.48. The summed E-state index contributed by atoms with van der Waals surface area (Å²) >= 11 is 1.86. The average molecular weight is 288 g/mol. The van der Waals surface area contributed by atoms with Crippen molar-refractivity contribution in [2.45, 2.75) is 51.2 Å². The average Bonchev–Trinajstić information content (AvgIpc) is 3.05. The van der Waals surface area contributed by atoms with E-state index in [1.807, 2.05) is 11.3 Å². The second-order valence-corrected chi connectivity index (χ2v) is 6.37. The molecule has 0 amide bonds. The minimum Gasteiger partial charge on any atom is -0.314 e. The molecule has 5 heteroatoms. The van der Waals surface area contributed by atoms with E-state index in [1.54, 1.807) is 0 Å². The number of halogens is 1. The van der Waals surface area contributed by atoms with Crippen LogP contribution < -0.4 is 5.32 Å². The Morgan fingerprint density at radius 3 is 2.61 bits per heavy atom. The Labute approximate surface area is 119 Å². The Morgan fingerprint density at radius 2 is 2.00 bits per heavy atom. The number of rotatable bonds is 3. The first-order chi connectivity index (χ1) is 8.24. The third-order valence-electron chi connectivity index (χ3n) is 3.85. The standard InChI is InChI=1S/C13H21N3S.ClH/c1-9-5-14-6-10(2)16(9)7-12-8-17-13(15-12)11-3-4-11;/h8-11,14H,3-7H2,1-2H3;1H. The summed E-state index contributed by atoms with van der Waals surface area (Å²) in [6.45, 7) is 7.83. The maximum atomic E-state index is 4.79. The van der Waals surface area contributed by atoms with Gasteiger partial charge < -0.3 is 5.32 Å². The van der Waals surface area contributed by atoms with Gasteiger partial charge in [0.15, 0.2) is 0 Å². The monoisotopic (exact) mass is 287 g/mol. The zero-order valence-electron chi connectivity index (χ0n) is 11.1. The van der Waals surface area contributed by atoms with E-state index in [-0.39, 0.29) is 12.4 Å². The van der Waals surface area contributed by atoms with Crippen LogP contribution in [-0.2, 0) is 6.54 Å². The van der Waals surface area contributed by atoms with Crippen LogP contribution in [0.15, 0.2) is 5.38 Å². The minimum absolute atomic E-state index is 0. The normalized spacial score (nSPS) is 29.0. The lowest BCUT2D eigenvalue weighted by Crippen LogP contribution is -2.54. The fraction of sp³-hybridized carbons (Fsp3) is 0.769. The molecule has 18 heavy (non-hydrogen) atoms. The van der Waals surface area contributed by atoms with Crippen LogP contribution in [0, 0.1) is 0 Å². The van der Waals surface area contributed by atoms with Gasteiger partial charge in [0, 0.05) is 43.0 Å². The van der Waals surface area contributed by atoms with Crippen molar-refractivity contribution in [1.82, 2.24) is 15.2 Å². The molecule has 1 aliphatic carbocycles. The highest BCUT2D eigenvalue weighted by Crippen LogP contribution is 2.41. The molecular weight excluding hydrogens is 266 g/mol. The highest BCUT2D eigenvalue weighted by molar-refractivity contribution is 7.09. The topological polar surface area (TPSA) is 28.2 Å². The summed E-state index contributed by atoms with van der Waals surface area (Å²) in [7, 11) is 0. The van der Waals surface area contributed by atoms with Gasteiger partial charge in [0.1, 0.15) is 0 Å². The van der Waals surface area contributed by atoms with Crippen molar-refractivity contribution in [3.8, 4) is 0 Å². The maximum absolute atomic E-state index is 4.79. The smallest absolute Gasteiger partial charge is 0.0959 e. The van der Waals surface area contributed by atoms with E-state index in [1.165, 1.54) is 23.5 Å². The van der Waals surface area contributed by atoms with Gasteiger partial charge in [-0.05, 0) is 26.7 Å². The van der Waals surface area contributed by atoms with Crippen LogP contribution in [0.2, 0.25) is 0 Å². The molecule has 0 radical (unpaired) electrons. The lowest BCUT2D eigenvalue weighted by atomic mass is 10.1. The van der Waals surface area contributed by atoms with Crippen molar-refractivity contribution in [3.63, 3.8) is 0 Å². The summed E-state index contributed by atoms with van der Waals surface area (Å²) in [4.78, 5) is 7.36. The van der Waals surface area contributed by atoms with Crippen molar-refractivity contribution in [3.05, 3.63) is 16.1 Å². The molecule has 1 aromatic rings. The predicted molar refractivity (Wildman–Crippen MR) is 78.7 cm³/mol. The first-order valence-corrected chi connectivity index (χ1v) is 7.53. The molecule has 1 N–H and O–H groups in total. The summed E-state index contributed by atoms with van der Waals surface area (Å²) in [6.07, 6.45) is 2.71. The quantitative estimate of drug-likeness (QED) is 0.926. The molecule has 2 unspecified atom stereocenters. The molecule has 2 heterocycles. The molecule has 3 nitrogen and oxygen atoms in total. The molecule has 2 atom stereocenters. The zero-order valence-corrected chi connectivity index (χ0v) is 12.7. The third kappa shape index (κ3) is 3.05. The Hall–Kier alpha value is -0.160. The summed E-state index contributed by atoms with van der Waals surface area (Å²) in [5.74, 6) is 0.798. The van der Waals surface area contributed by atoms with Crippen molar-refractivity contribution in [1.29, 1.82) is 0 Å². The maximum Gasteiger partial charge on any atom is 0.0959 e. The van der Waals surface area contributed by atoms with Crippen molar-refractivity contribution in [2.24, 2.45) is 0 Å². The van der Waals surface area contributed by atoms with Crippen LogP contribution in [0.25, 0.3) is 0 Å². The number of nitrogens with zero attached hydrogens (tertiary/aromatic N) is 2. The van der Waals surface area contributed by atoms with Crippen molar-refractivity contribution < 1.29 is 0 Å². The molecule has 3 rings (SSSR count). The fourth-order valence-corrected chi connectivity index (χ4v) is 3.56. The number of aromatic nitrogens is 1. The minimum atomic E-state index is 0. The largest absolute Gasteiger partial charge is 0.314 e. The van der Waals surface area contributed by atoms with E-state index >= 15 is 0 Å². The summed E-state index contributed by atoms with van der Waals surface area (Å²) < 4.78 is 0.